The van der Waals surface area contributed by atoms with E-state index in [0.29, 0.717) is 10.6 Å². The Morgan fingerprint density at radius 2 is 1.85 bits per heavy atom. The van der Waals surface area contributed by atoms with Gasteiger partial charge in [-0.3, -0.25) is 0 Å². The molecule has 0 fully saturated rings. The largest absolute Gasteiger partial charge is 0.467 e. The second kappa shape index (κ2) is 6.77. The van der Waals surface area contributed by atoms with Crippen molar-refractivity contribution in [3.63, 3.8) is 0 Å². The van der Waals surface area contributed by atoms with Crippen LogP contribution in [0.4, 0.5) is 5.69 Å². The van der Waals surface area contributed by atoms with E-state index in [2.05, 4.69) is 21.2 Å². The molecule has 104 valence electrons. The van der Waals surface area contributed by atoms with Crippen LogP contribution in [-0.4, -0.2) is 13.1 Å². The number of benzene rings is 2. The molecular formula is C15H13BrClNO2. The van der Waals surface area contributed by atoms with Gasteiger partial charge in [-0.15, -0.1) is 0 Å². The van der Waals surface area contributed by atoms with Crippen molar-refractivity contribution in [2.24, 2.45) is 0 Å². The van der Waals surface area contributed by atoms with Gasteiger partial charge in [0, 0.05) is 20.7 Å². The van der Waals surface area contributed by atoms with Crippen molar-refractivity contribution in [3.05, 3.63) is 63.6 Å². The second-order valence-electron chi connectivity index (χ2n) is 4.10. The van der Waals surface area contributed by atoms with Crippen LogP contribution in [0.15, 0.2) is 53.0 Å². The SMILES string of the molecule is COC(=O)C(Nc1ccccc1Br)c1ccccc1Cl. The Balaban J connectivity index is 2.37. The van der Waals surface area contributed by atoms with Crippen LogP contribution in [0.5, 0.6) is 0 Å². The molecule has 1 atom stereocenters. The molecule has 2 aromatic carbocycles. The highest BCUT2D eigenvalue weighted by Gasteiger charge is 2.24. The Morgan fingerprint density at radius 1 is 1.20 bits per heavy atom. The third kappa shape index (κ3) is 3.32. The number of para-hydroxylation sites is 1. The number of anilines is 1. The second-order valence-corrected chi connectivity index (χ2v) is 5.36. The fourth-order valence-electron chi connectivity index (χ4n) is 1.82. The minimum Gasteiger partial charge on any atom is -0.467 e. The Labute approximate surface area is 131 Å². The smallest absolute Gasteiger partial charge is 0.333 e. The molecule has 0 aliphatic carbocycles. The van der Waals surface area contributed by atoms with Gasteiger partial charge in [0.15, 0.2) is 6.04 Å². The number of halogens is 2. The van der Waals surface area contributed by atoms with Gasteiger partial charge in [0.1, 0.15) is 0 Å². The Kier molecular flexibility index (Phi) is 5.04. The number of carbonyl (C=O) groups excluding carboxylic acids is 1. The van der Waals surface area contributed by atoms with E-state index in [1.54, 1.807) is 12.1 Å². The third-order valence-corrected chi connectivity index (χ3v) is 3.86. The predicted octanol–water partition coefficient (Wildman–Crippen LogP) is 4.43. The summed E-state index contributed by atoms with van der Waals surface area (Å²) >= 11 is 9.61. The lowest BCUT2D eigenvalue weighted by Gasteiger charge is -2.19. The van der Waals surface area contributed by atoms with Gasteiger partial charge in [-0.25, -0.2) is 4.79 Å². The van der Waals surface area contributed by atoms with Crippen LogP contribution in [0.2, 0.25) is 5.02 Å². The first-order chi connectivity index (χ1) is 9.63. The highest BCUT2D eigenvalue weighted by Crippen LogP contribution is 2.30. The van der Waals surface area contributed by atoms with Crippen LogP contribution in [0.25, 0.3) is 0 Å². The predicted molar refractivity (Wildman–Crippen MR) is 84.0 cm³/mol. The number of nitrogens with one attached hydrogen (secondary N) is 1. The van der Waals surface area contributed by atoms with E-state index in [1.807, 2.05) is 36.4 Å². The minimum absolute atomic E-state index is 0.395. The van der Waals surface area contributed by atoms with E-state index in [0.717, 1.165) is 10.2 Å². The zero-order valence-corrected chi connectivity index (χ0v) is 13.1. The molecule has 1 N–H and O–H groups in total. The first-order valence-electron chi connectivity index (χ1n) is 5.97. The van der Waals surface area contributed by atoms with Crippen molar-refractivity contribution in [3.8, 4) is 0 Å². The molecular weight excluding hydrogens is 342 g/mol. The average Bonchev–Trinajstić information content (AvgIpc) is 2.47. The van der Waals surface area contributed by atoms with E-state index < -0.39 is 12.0 Å². The first kappa shape index (κ1) is 14.9. The molecule has 0 aromatic heterocycles. The highest BCUT2D eigenvalue weighted by atomic mass is 79.9. The molecule has 0 bridgehead atoms. The fourth-order valence-corrected chi connectivity index (χ4v) is 2.47. The van der Waals surface area contributed by atoms with Crippen molar-refractivity contribution in [1.82, 2.24) is 0 Å². The molecule has 0 saturated carbocycles. The standard InChI is InChI=1S/C15H13BrClNO2/c1-20-15(19)14(10-6-2-4-8-12(10)17)18-13-9-5-3-7-11(13)16/h2-9,14,18H,1H3. The molecule has 0 spiro atoms. The van der Waals surface area contributed by atoms with Crippen molar-refractivity contribution in [2.45, 2.75) is 6.04 Å². The van der Waals surface area contributed by atoms with Gasteiger partial charge in [-0.1, -0.05) is 41.9 Å². The van der Waals surface area contributed by atoms with Gasteiger partial charge in [0.05, 0.1) is 7.11 Å². The zero-order valence-electron chi connectivity index (χ0n) is 10.8. The van der Waals surface area contributed by atoms with Crippen molar-refractivity contribution >= 4 is 39.2 Å². The maximum absolute atomic E-state index is 12.0. The lowest BCUT2D eigenvalue weighted by Crippen LogP contribution is -2.22. The van der Waals surface area contributed by atoms with Crippen LogP contribution >= 0.6 is 27.5 Å². The molecule has 2 aromatic rings. The van der Waals surface area contributed by atoms with Gasteiger partial charge < -0.3 is 10.1 Å². The molecule has 2 rings (SSSR count). The topological polar surface area (TPSA) is 38.3 Å². The fraction of sp³-hybridized carbons (Fsp3) is 0.133. The molecule has 0 radical (unpaired) electrons. The van der Waals surface area contributed by atoms with Crippen LogP contribution in [0.3, 0.4) is 0 Å². The van der Waals surface area contributed by atoms with E-state index in [9.17, 15) is 4.79 Å². The normalized spacial score (nSPS) is 11.8. The molecule has 0 aliphatic rings. The van der Waals surface area contributed by atoms with Crippen molar-refractivity contribution in [1.29, 1.82) is 0 Å². The maximum atomic E-state index is 12.0. The Bertz CT molecular complexity index is 618. The van der Waals surface area contributed by atoms with Gasteiger partial charge in [0.2, 0.25) is 0 Å². The summed E-state index contributed by atoms with van der Waals surface area (Å²) in [6.07, 6.45) is 0. The molecule has 0 aliphatic heterocycles. The van der Waals surface area contributed by atoms with Crippen LogP contribution in [0, 0.1) is 0 Å². The van der Waals surface area contributed by atoms with Crippen LogP contribution in [-0.2, 0) is 9.53 Å². The maximum Gasteiger partial charge on any atom is 0.333 e. The number of rotatable bonds is 4. The summed E-state index contributed by atoms with van der Waals surface area (Å²) in [5.74, 6) is -0.395. The summed E-state index contributed by atoms with van der Waals surface area (Å²) in [7, 11) is 1.36. The zero-order chi connectivity index (χ0) is 14.5. The summed E-state index contributed by atoms with van der Waals surface area (Å²) in [6.45, 7) is 0. The number of hydrogen-bond acceptors (Lipinski definition) is 3. The highest BCUT2D eigenvalue weighted by molar-refractivity contribution is 9.10. The van der Waals surface area contributed by atoms with Gasteiger partial charge in [-0.05, 0) is 34.1 Å². The lowest BCUT2D eigenvalue weighted by atomic mass is 10.1. The van der Waals surface area contributed by atoms with Gasteiger partial charge in [-0.2, -0.15) is 0 Å². The van der Waals surface area contributed by atoms with Crippen molar-refractivity contribution in [2.75, 3.05) is 12.4 Å². The quantitative estimate of drug-likeness (QED) is 0.826. The Morgan fingerprint density at radius 3 is 2.50 bits per heavy atom. The molecule has 3 nitrogen and oxygen atoms in total. The van der Waals surface area contributed by atoms with Crippen LogP contribution in [0.1, 0.15) is 11.6 Å². The molecule has 0 saturated heterocycles. The molecule has 1 unspecified atom stereocenters. The van der Waals surface area contributed by atoms with Gasteiger partial charge >= 0.3 is 5.97 Å². The number of ether oxygens (including phenoxy) is 1. The summed E-state index contributed by atoms with van der Waals surface area (Å²) in [4.78, 5) is 12.0. The molecule has 5 heteroatoms. The van der Waals surface area contributed by atoms with E-state index in [4.69, 9.17) is 16.3 Å². The van der Waals surface area contributed by atoms with E-state index >= 15 is 0 Å². The summed E-state index contributed by atoms with van der Waals surface area (Å²) in [5.41, 5.74) is 1.47. The third-order valence-electron chi connectivity index (χ3n) is 2.83. The number of hydrogen-bond donors (Lipinski definition) is 1. The summed E-state index contributed by atoms with van der Waals surface area (Å²) in [6, 6.07) is 14.1. The summed E-state index contributed by atoms with van der Waals surface area (Å²) < 4.78 is 5.72. The van der Waals surface area contributed by atoms with Crippen LogP contribution < -0.4 is 5.32 Å². The minimum atomic E-state index is -0.660. The first-order valence-corrected chi connectivity index (χ1v) is 7.14. The summed E-state index contributed by atoms with van der Waals surface area (Å²) in [5, 5.41) is 3.67. The number of carbonyl (C=O) groups is 1. The molecule has 0 amide bonds. The molecule has 0 heterocycles. The average molecular weight is 355 g/mol. The number of methoxy groups -OCH3 is 1. The van der Waals surface area contributed by atoms with Gasteiger partial charge in [0.25, 0.3) is 0 Å². The number of esters is 1. The monoisotopic (exact) mass is 353 g/mol. The molecule has 20 heavy (non-hydrogen) atoms. The van der Waals surface area contributed by atoms with E-state index in [-0.39, 0.29) is 0 Å². The van der Waals surface area contributed by atoms with E-state index in [1.165, 1.54) is 7.11 Å². The Hall–Kier alpha value is -1.52. The van der Waals surface area contributed by atoms with Crippen molar-refractivity contribution < 1.29 is 9.53 Å². The lowest BCUT2D eigenvalue weighted by molar-refractivity contribution is -0.141.